The number of benzene rings is 1. The van der Waals surface area contributed by atoms with Crippen LogP contribution in [0, 0.1) is 5.82 Å². The smallest absolute Gasteiger partial charge is 0.137 e. The van der Waals surface area contributed by atoms with Gasteiger partial charge in [0.05, 0.1) is 6.04 Å². The monoisotopic (exact) mass is 241 g/mol. The predicted molar refractivity (Wildman–Crippen MR) is 71.7 cm³/mol. The first-order valence-electron chi connectivity index (χ1n) is 6.14. The summed E-state index contributed by atoms with van der Waals surface area (Å²) in [5.74, 6) is -0.260. The first-order valence-corrected chi connectivity index (χ1v) is 6.14. The predicted octanol–water partition coefficient (Wildman–Crippen LogP) is 3.21. The molecule has 0 saturated carbocycles. The third kappa shape index (κ3) is 7.64. The number of hydrogen-bond donors (Lipinski definition) is 1. The molecule has 0 spiro atoms. The third-order valence-electron chi connectivity index (χ3n) is 1.93. The lowest BCUT2D eigenvalue weighted by atomic mass is 10.1. The van der Waals surface area contributed by atoms with Crippen molar-refractivity contribution in [3.8, 4) is 0 Å². The third-order valence-corrected chi connectivity index (χ3v) is 1.93. The van der Waals surface area contributed by atoms with Crippen LogP contribution in [0.1, 0.15) is 33.3 Å². The topological polar surface area (TPSA) is 29.1 Å². The number of carbonyl (C=O) groups is 1. The normalized spacial score (nSPS) is 10.2. The Bertz CT molecular complexity index is 289. The van der Waals surface area contributed by atoms with E-state index in [0.717, 1.165) is 6.29 Å². The molecule has 1 atom stereocenters. The summed E-state index contributed by atoms with van der Waals surface area (Å²) in [7, 11) is 1.68. The van der Waals surface area contributed by atoms with E-state index in [1.165, 1.54) is 6.07 Å². The Labute approximate surface area is 104 Å². The van der Waals surface area contributed by atoms with Crippen LogP contribution in [0.15, 0.2) is 24.3 Å². The van der Waals surface area contributed by atoms with Crippen LogP contribution in [-0.4, -0.2) is 19.4 Å². The lowest BCUT2D eigenvalue weighted by molar-refractivity contribution is -0.109. The molecule has 98 valence electrons. The summed E-state index contributed by atoms with van der Waals surface area (Å²) < 4.78 is 13.1. The molecule has 1 N–H and O–H groups in total. The van der Waals surface area contributed by atoms with Gasteiger partial charge in [-0.05, 0) is 25.1 Å². The number of halogens is 1. The average molecular weight is 241 g/mol. The van der Waals surface area contributed by atoms with Crippen molar-refractivity contribution in [2.45, 2.75) is 40.2 Å². The maximum atomic E-state index is 13.1. The van der Waals surface area contributed by atoms with Crippen LogP contribution in [0.5, 0.6) is 0 Å². The van der Waals surface area contributed by atoms with E-state index in [1.807, 2.05) is 27.7 Å². The van der Waals surface area contributed by atoms with E-state index in [4.69, 9.17) is 0 Å². The zero-order valence-corrected chi connectivity index (χ0v) is 11.5. The van der Waals surface area contributed by atoms with Gasteiger partial charge in [-0.25, -0.2) is 4.39 Å². The van der Waals surface area contributed by atoms with Crippen molar-refractivity contribution in [3.63, 3.8) is 0 Å². The molecule has 0 saturated heterocycles. The van der Waals surface area contributed by atoms with Gasteiger partial charge >= 0.3 is 0 Å². The molecule has 1 aromatic carbocycles. The minimum absolute atomic E-state index is 0.260. The Hall–Kier alpha value is -1.22. The highest BCUT2D eigenvalue weighted by Gasteiger charge is 2.07. The fraction of sp³-hybridized carbons (Fsp3) is 0.500. The van der Waals surface area contributed by atoms with Gasteiger partial charge in [0.25, 0.3) is 0 Å². The molecule has 0 aromatic heterocycles. The summed E-state index contributed by atoms with van der Waals surface area (Å²) in [6.07, 6.45) is 1.18. The van der Waals surface area contributed by atoms with Crippen molar-refractivity contribution in [1.29, 1.82) is 0 Å². The van der Waals surface area contributed by atoms with Crippen LogP contribution in [0.2, 0.25) is 0 Å². The van der Waals surface area contributed by atoms with Gasteiger partial charge in [-0.1, -0.05) is 45.9 Å². The van der Waals surface area contributed by atoms with Crippen LogP contribution in [-0.2, 0) is 11.2 Å². The molecule has 0 amide bonds. The lowest BCUT2D eigenvalue weighted by Gasteiger charge is -2.08. The SMILES string of the molecule is CC.CC.CN[C@H](C=O)Cc1ccccc1F. The maximum absolute atomic E-state index is 13.1. The molecule has 0 aliphatic rings. The molecule has 1 rings (SSSR count). The molecule has 0 aliphatic carbocycles. The summed E-state index contributed by atoms with van der Waals surface area (Å²) in [6, 6.07) is 6.16. The minimum atomic E-state index is -0.308. The van der Waals surface area contributed by atoms with Gasteiger partial charge in [0.15, 0.2) is 0 Å². The van der Waals surface area contributed by atoms with Gasteiger partial charge in [0.2, 0.25) is 0 Å². The number of hydrogen-bond acceptors (Lipinski definition) is 2. The number of rotatable bonds is 4. The first-order chi connectivity index (χ1) is 8.27. The quantitative estimate of drug-likeness (QED) is 0.820. The summed E-state index contributed by atoms with van der Waals surface area (Å²) in [6.45, 7) is 8.00. The van der Waals surface area contributed by atoms with Gasteiger partial charge in [0.1, 0.15) is 12.1 Å². The molecule has 0 fully saturated rings. The minimum Gasteiger partial charge on any atom is -0.311 e. The van der Waals surface area contributed by atoms with Gasteiger partial charge < -0.3 is 10.1 Å². The van der Waals surface area contributed by atoms with Crippen molar-refractivity contribution < 1.29 is 9.18 Å². The molecule has 2 nitrogen and oxygen atoms in total. The van der Waals surface area contributed by atoms with Crippen molar-refractivity contribution in [3.05, 3.63) is 35.6 Å². The van der Waals surface area contributed by atoms with Crippen molar-refractivity contribution in [2.24, 2.45) is 0 Å². The highest BCUT2D eigenvalue weighted by Crippen LogP contribution is 2.08. The maximum Gasteiger partial charge on any atom is 0.137 e. The van der Waals surface area contributed by atoms with Crippen molar-refractivity contribution in [1.82, 2.24) is 5.32 Å². The molecule has 0 heterocycles. The average Bonchev–Trinajstić information content (AvgIpc) is 2.42. The molecule has 0 aliphatic heterocycles. The van der Waals surface area contributed by atoms with E-state index in [-0.39, 0.29) is 11.9 Å². The van der Waals surface area contributed by atoms with E-state index in [2.05, 4.69) is 5.32 Å². The van der Waals surface area contributed by atoms with E-state index >= 15 is 0 Å². The Morgan fingerprint density at radius 2 is 1.76 bits per heavy atom. The van der Waals surface area contributed by atoms with Crippen LogP contribution in [0.4, 0.5) is 4.39 Å². The summed E-state index contributed by atoms with van der Waals surface area (Å²) in [5, 5.41) is 2.79. The zero-order valence-electron chi connectivity index (χ0n) is 11.5. The summed E-state index contributed by atoms with van der Waals surface area (Å²) in [5.41, 5.74) is 0.564. The zero-order chi connectivity index (χ0) is 13.7. The fourth-order valence-corrected chi connectivity index (χ4v) is 1.12. The highest BCUT2D eigenvalue weighted by molar-refractivity contribution is 5.58. The number of likely N-dealkylation sites (N-methyl/N-ethyl adjacent to an activating group) is 1. The fourth-order valence-electron chi connectivity index (χ4n) is 1.12. The molecular formula is C14H24FNO. The van der Waals surface area contributed by atoms with E-state index in [0.29, 0.717) is 12.0 Å². The molecule has 0 radical (unpaired) electrons. The molecule has 0 unspecified atom stereocenters. The van der Waals surface area contributed by atoms with Gasteiger partial charge in [-0.2, -0.15) is 0 Å². The highest BCUT2D eigenvalue weighted by atomic mass is 19.1. The summed E-state index contributed by atoms with van der Waals surface area (Å²) >= 11 is 0. The Morgan fingerprint density at radius 1 is 1.24 bits per heavy atom. The first kappa shape index (κ1) is 18.2. The molecular weight excluding hydrogens is 217 g/mol. The second-order valence-electron chi connectivity index (χ2n) is 2.83. The number of carbonyl (C=O) groups excluding carboxylic acids is 1. The van der Waals surface area contributed by atoms with E-state index in [1.54, 1.807) is 25.2 Å². The van der Waals surface area contributed by atoms with Crippen molar-refractivity contribution >= 4 is 6.29 Å². The van der Waals surface area contributed by atoms with Gasteiger partial charge in [-0.3, -0.25) is 0 Å². The van der Waals surface area contributed by atoms with E-state index in [9.17, 15) is 9.18 Å². The van der Waals surface area contributed by atoms with Gasteiger partial charge in [0, 0.05) is 0 Å². The Balaban J connectivity index is 0. The Morgan fingerprint density at radius 3 is 2.18 bits per heavy atom. The summed E-state index contributed by atoms with van der Waals surface area (Å²) in [4.78, 5) is 10.5. The molecule has 3 heteroatoms. The number of nitrogens with one attached hydrogen (secondary N) is 1. The molecule has 17 heavy (non-hydrogen) atoms. The second kappa shape index (κ2) is 12.8. The van der Waals surface area contributed by atoms with Crippen LogP contribution in [0.25, 0.3) is 0 Å². The largest absolute Gasteiger partial charge is 0.311 e. The second-order valence-corrected chi connectivity index (χ2v) is 2.83. The number of aldehydes is 1. The molecule has 1 aromatic rings. The van der Waals surface area contributed by atoms with Crippen molar-refractivity contribution in [2.75, 3.05) is 7.05 Å². The van der Waals surface area contributed by atoms with Crippen LogP contribution >= 0.6 is 0 Å². The van der Waals surface area contributed by atoms with Crippen LogP contribution < -0.4 is 5.32 Å². The Kier molecular flexibility index (Phi) is 13.7. The standard InChI is InChI=1S/C10H12FNO.2C2H6/c1-12-9(7-13)6-8-4-2-3-5-10(8)11;2*1-2/h2-5,7,9,12H,6H2,1H3;2*1-2H3/t9-;;/m0../s1. The van der Waals surface area contributed by atoms with Crippen LogP contribution in [0.3, 0.4) is 0 Å². The van der Waals surface area contributed by atoms with E-state index < -0.39 is 0 Å². The van der Waals surface area contributed by atoms with Gasteiger partial charge in [-0.15, -0.1) is 0 Å². The lowest BCUT2D eigenvalue weighted by Crippen LogP contribution is -2.29. The molecule has 0 bridgehead atoms.